The molecule has 2 nitrogen and oxygen atoms in total. The van der Waals surface area contributed by atoms with Gasteiger partial charge in [0.05, 0.1) is 0 Å². The van der Waals surface area contributed by atoms with E-state index in [1.54, 1.807) is 0 Å². The minimum atomic E-state index is 0.555. The van der Waals surface area contributed by atoms with Gasteiger partial charge in [-0.15, -0.1) is 11.6 Å². The van der Waals surface area contributed by atoms with Crippen molar-refractivity contribution in [1.29, 1.82) is 0 Å². The molecule has 0 saturated carbocycles. The molecule has 90 valence electrons. The number of alkyl halides is 1. The molecule has 1 rings (SSSR count). The van der Waals surface area contributed by atoms with E-state index in [0.717, 1.165) is 37.6 Å². The minimum absolute atomic E-state index is 0.555. The first-order chi connectivity index (χ1) is 7.80. The molecule has 0 aromatic heterocycles. The van der Waals surface area contributed by atoms with Crippen LogP contribution in [0.5, 0.6) is 5.75 Å². The van der Waals surface area contributed by atoms with Crippen LogP contribution in [0.2, 0.25) is 0 Å². The Bertz CT molecular complexity index is 282. The number of benzene rings is 1. The molecule has 0 aliphatic carbocycles. The smallest absolute Gasteiger partial charge is 0.119 e. The van der Waals surface area contributed by atoms with Crippen molar-refractivity contribution >= 4 is 11.6 Å². The molecule has 1 aromatic carbocycles. The monoisotopic (exact) mass is 241 g/mol. The van der Waals surface area contributed by atoms with Crippen LogP contribution >= 0.6 is 11.6 Å². The SMILES string of the molecule is CCN(CC)CCOc1ccc(CCl)cc1. The number of hydrogen-bond acceptors (Lipinski definition) is 2. The van der Waals surface area contributed by atoms with Crippen molar-refractivity contribution in [2.75, 3.05) is 26.2 Å². The third-order valence-corrected chi connectivity index (χ3v) is 2.96. The second-order valence-corrected chi connectivity index (χ2v) is 3.92. The molecule has 0 atom stereocenters. The number of ether oxygens (including phenoxy) is 1. The van der Waals surface area contributed by atoms with Crippen molar-refractivity contribution in [3.05, 3.63) is 29.8 Å². The Hall–Kier alpha value is -0.730. The van der Waals surface area contributed by atoms with Crippen LogP contribution in [-0.2, 0) is 5.88 Å². The Kier molecular flexibility index (Phi) is 6.27. The lowest BCUT2D eigenvalue weighted by Gasteiger charge is -2.17. The molecule has 0 saturated heterocycles. The number of nitrogens with zero attached hydrogens (tertiary/aromatic N) is 1. The van der Waals surface area contributed by atoms with E-state index in [0.29, 0.717) is 5.88 Å². The molecule has 3 heteroatoms. The van der Waals surface area contributed by atoms with Gasteiger partial charge in [-0.05, 0) is 30.8 Å². The largest absolute Gasteiger partial charge is 0.492 e. The Morgan fingerprint density at radius 2 is 1.75 bits per heavy atom. The molecule has 0 N–H and O–H groups in total. The Balaban J connectivity index is 2.31. The second kappa shape index (κ2) is 7.53. The Labute approximate surface area is 103 Å². The summed E-state index contributed by atoms with van der Waals surface area (Å²) in [5, 5.41) is 0. The van der Waals surface area contributed by atoms with Gasteiger partial charge in [-0.2, -0.15) is 0 Å². The van der Waals surface area contributed by atoms with E-state index in [2.05, 4.69) is 18.7 Å². The van der Waals surface area contributed by atoms with E-state index >= 15 is 0 Å². The predicted molar refractivity (Wildman–Crippen MR) is 69.3 cm³/mol. The molecule has 0 heterocycles. The van der Waals surface area contributed by atoms with E-state index in [1.807, 2.05) is 24.3 Å². The van der Waals surface area contributed by atoms with Crippen LogP contribution in [0.1, 0.15) is 19.4 Å². The van der Waals surface area contributed by atoms with E-state index in [1.165, 1.54) is 0 Å². The first-order valence-corrected chi connectivity index (χ1v) is 6.33. The molecular weight excluding hydrogens is 222 g/mol. The van der Waals surface area contributed by atoms with Gasteiger partial charge in [-0.3, -0.25) is 0 Å². The molecule has 0 bridgehead atoms. The summed E-state index contributed by atoms with van der Waals surface area (Å²) < 4.78 is 5.65. The first kappa shape index (κ1) is 13.3. The number of rotatable bonds is 7. The molecule has 0 fully saturated rings. The van der Waals surface area contributed by atoms with Gasteiger partial charge in [0.25, 0.3) is 0 Å². The third-order valence-electron chi connectivity index (χ3n) is 2.65. The quantitative estimate of drug-likeness (QED) is 0.680. The molecule has 0 amide bonds. The summed E-state index contributed by atoms with van der Waals surface area (Å²) in [6, 6.07) is 7.94. The van der Waals surface area contributed by atoms with Gasteiger partial charge in [0.2, 0.25) is 0 Å². The summed E-state index contributed by atoms with van der Waals surface area (Å²) >= 11 is 5.72. The normalized spacial score (nSPS) is 10.8. The average molecular weight is 242 g/mol. The summed E-state index contributed by atoms with van der Waals surface area (Å²) in [4.78, 5) is 2.34. The number of hydrogen-bond donors (Lipinski definition) is 0. The fraction of sp³-hybridized carbons (Fsp3) is 0.538. The van der Waals surface area contributed by atoms with E-state index in [-0.39, 0.29) is 0 Å². The Morgan fingerprint density at radius 1 is 1.12 bits per heavy atom. The lowest BCUT2D eigenvalue weighted by molar-refractivity contribution is 0.223. The maximum atomic E-state index is 5.72. The first-order valence-electron chi connectivity index (χ1n) is 5.80. The van der Waals surface area contributed by atoms with Crippen LogP contribution in [0.15, 0.2) is 24.3 Å². The van der Waals surface area contributed by atoms with Crippen LogP contribution in [0.25, 0.3) is 0 Å². The molecule has 16 heavy (non-hydrogen) atoms. The van der Waals surface area contributed by atoms with E-state index in [4.69, 9.17) is 16.3 Å². The zero-order valence-electron chi connectivity index (χ0n) is 10.1. The molecule has 0 unspecified atom stereocenters. The van der Waals surface area contributed by atoms with Crippen molar-refractivity contribution in [2.24, 2.45) is 0 Å². The van der Waals surface area contributed by atoms with Gasteiger partial charge >= 0.3 is 0 Å². The molecule has 0 spiro atoms. The van der Waals surface area contributed by atoms with Crippen LogP contribution in [-0.4, -0.2) is 31.1 Å². The summed E-state index contributed by atoms with van der Waals surface area (Å²) in [5.41, 5.74) is 1.12. The molecule has 0 aliphatic rings. The maximum absolute atomic E-state index is 5.72. The van der Waals surface area contributed by atoms with E-state index < -0.39 is 0 Å². The zero-order valence-corrected chi connectivity index (χ0v) is 10.8. The number of halogens is 1. The zero-order chi connectivity index (χ0) is 11.8. The predicted octanol–water partition coefficient (Wildman–Crippen LogP) is 3.15. The van der Waals surface area contributed by atoms with Crippen LogP contribution in [0.3, 0.4) is 0 Å². The summed E-state index contributed by atoms with van der Waals surface area (Å²) in [7, 11) is 0. The highest BCUT2D eigenvalue weighted by Crippen LogP contribution is 2.13. The van der Waals surface area contributed by atoms with Gasteiger partial charge in [0, 0.05) is 12.4 Å². The molecular formula is C13H20ClNO. The summed E-state index contributed by atoms with van der Waals surface area (Å²) in [6.45, 7) is 8.19. The van der Waals surface area contributed by atoms with Crippen LogP contribution in [0, 0.1) is 0 Å². The highest BCUT2D eigenvalue weighted by Gasteiger charge is 1.99. The molecule has 0 aliphatic heterocycles. The van der Waals surface area contributed by atoms with E-state index in [9.17, 15) is 0 Å². The van der Waals surface area contributed by atoms with Gasteiger partial charge in [0.15, 0.2) is 0 Å². The van der Waals surface area contributed by atoms with Gasteiger partial charge in [-0.1, -0.05) is 26.0 Å². The summed E-state index contributed by atoms with van der Waals surface area (Å²) in [6.07, 6.45) is 0. The number of likely N-dealkylation sites (N-methyl/N-ethyl adjacent to an activating group) is 1. The highest BCUT2D eigenvalue weighted by molar-refractivity contribution is 6.17. The van der Waals surface area contributed by atoms with Gasteiger partial charge in [0.1, 0.15) is 12.4 Å². The molecule has 1 aromatic rings. The standard InChI is InChI=1S/C13H20ClNO/c1-3-15(4-2)9-10-16-13-7-5-12(11-14)6-8-13/h5-8H,3-4,9-11H2,1-2H3. The maximum Gasteiger partial charge on any atom is 0.119 e. The van der Waals surface area contributed by atoms with Crippen molar-refractivity contribution in [2.45, 2.75) is 19.7 Å². The van der Waals surface area contributed by atoms with Crippen LogP contribution < -0.4 is 4.74 Å². The highest BCUT2D eigenvalue weighted by atomic mass is 35.5. The van der Waals surface area contributed by atoms with Crippen molar-refractivity contribution < 1.29 is 4.74 Å². The van der Waals surface area contributed by atoms with Crippen molar-refractivity contribution in [1.82, 2.24) is 4.90 Å². The molecule has 0 radical (unpaired) electrons. The second-order valence-electron chi connectivity index (χ2n) is 3.65. The topological polar surface area (TPSA) is 12.5 Å². The average Bonchev–Trinajstić information content (AvgIpc) is 2.35. The van der Waals surface area contributed by atoms with Crippen LogP contribution in [0.4, 0.5) is 0 Å². The lowest BCUT2D eigenvalue weighted by Crippen LogP contribution is -2.27. The third kappa shape index (κ3) is 4.42. The lowest BCUT2D eigenvalue weighted by atomic mass is 10.2. The van der Waals surface area contributed by atoms with Crippen molar-refractivity contribution in [3.8, 4) is 5.75 Å². The van der Waals surface area contributed by atoms with Gasteiger partial charge < -0.3 is 9.64 Å². The summed E-state index contributed by atoms with van der Waals surface area (Å²) in [5.74, 6) is 1.47. The van der Waals surface area contributed by atoms with Crippen molar-refractivity contribution in [3.63, 3.8) is 0 Å². The Morgan fingerprint density at radius 3 is 2.25 bits per heavy atom. The minimum Gasteiger partial charge on any atom is -0.492 e. The van der Waals surface area contributed by atoms with Gasteiger partial charge in [-0.25, -0.2) is 0 Å². The fourth-order valence-electron chi connectivity index (χ4n) is 1.51. The fourth-order valence-corrected chi connectivity index (χ4v) is 1.69.